The zero-order valence-electron chi connectivity index (χ0n) is 6.21. The van der Waals surface area contributed by atoms with E-state index in [1.54, 1.807) is 0 Å². The number of primary amides is 1. The van der Waals surface area contributed by atoms with Crippen molar-refractivity contribution in [1.29, 1.82) is 0 Å². The highest BCUT2D eigenvalue weighted by atomic mass is 33.1. The molecule has 1 amide bonds. The number of thiol groups is 2. The van der Waals surface area contributed by atoms with Crippen molar-refractivity contribution in [3.8, 4) is 0 Å². The molecule has 1 aromatic rings. The predicted molar refractivity (Wildman–Crippen MR) is 51.9 cm³/mol. The van der Waals surface area contributed by atoms with Crippen LogP contribution in [-0.2, 0) is 0 Å². The van der Waals surface area contributed by atoms with Crippen LogP contribution in [-0.4, -0.2) is 10.8 Å². The summed E-state index contributed by atoms with van der Waals surface area (Å²) in [6, 6.07) is 1.07. The van der Waals surface area contributed by atoms with E-state index < -0.39 is 22.3 Å². The lowest BCUT2D eigenvalue weighted by Crippen LogP contribution is -2.11. The molecule has 0 atom stereocenters. The van der Waals surface area contributed by atoms with E-state index in [4.69, 9.17) is 5.73 Å². The van der Waals surface area contributed by atoms with Crippen molar-refractivity contribution in [2.75, 3.05) is 0 Å². The number of rotatable bonds is 2. The Kier molecular flexibility index (Phi) is 5.00. The molecule has 8 heteroatoms. The highest BCUT2D eigenvalue weighted by molar-refractivity contribution is 8.59. The summed E-state index contributed by atoms with van der Waals surface area (Å²) in [6.45, 7) is 0. The van der Waals surface area contributed by atoms with Crippen molar-refractivity contribution in [2.24, 2.45) is 5.73 Å². The van der Waals surface area contributed by atoms with E-state index in [1.165, 1.54) is 0 Å². The average molecular weight is 222 g/mol. The van der Waals surface area contributed by atoms with Gasteiger partial charge < -0.3 is 10.2 Å². The fraction of sp³-hybridized carbons (Fsp3) is 0. The van der Waals surface area contributed by atoms with Crippen LogP contribution in [0.3, 0.4) is 0 Å². The van der Waals surface area contributed by atoms with Crippen molar-refractivity contribution in [1.82, 2.24) is 0 Å². The number of carbonyl (C=O) groups excluding carboxylic acids is 1. The molecule has 1 heterocycles. The zero-order chi connectivity index (χ0) is 10.4. The molecule has 0 aromatic carbocycles. The standard InChI is InChI=1S/C5H4N2O4.H2S2/c6-5(8)4-3(7(9)10)1-2-11-4;1-2/h1-2H,(H2,6,8);1-2H. The van der Waals surface area contributed by atoms with Crippen molar-refractivity contribution in [3.63, 3.8) is 0 Å². The minimum Gasteiger partial charge on any atom is -0.453 e. The molecule has 0 bridgehead atoms. The van der Waals surface area contributed by atoms with Crippen LogP contribution in [0.25, 0.3) is 0 Å². The second kappa shape index (κ2) is 5.49. The van der Waals surface area contributed by atoms with Gasteiger partial charge in [0.2, 0.25) is 0 Å². The molecule has 0 fully saturated rings. The average Bonchev–Trinajstić information content (AvgIpc) is 2.55. The Morgan fingerprint density at radius 3 is 2.46 bits per heavy atom. The second-order valence-corrected chi connectivity index (χ2v) is 1.76. The van der Waals surface area contributed by atoms with E-state index in [9.17, 15) is 14.9 Å². The van der Waals surface area contributed by atoms with Gasteiger partial charge in [0.15, 0.2) is 0 Å². The Balaban J connectivity index is 0.000000671. The predicted octanol–water partition coefficient (Wildman–Crippen LogP) is 1.05. The second-order valence-electron chi connectivity index (χ2n) is 1.76. The minimum absolute atomic E-state index is 0.405. The molecule has 0 saturated carbocycles. The van der Waals surface area contributed by atoms with Gasteiger partial charge in [-0.1, -0.05) is 0 Å². The van der Waals surface area contributed by atoms with Crippen LogP contribution in [0.1, 0.15) is 10.6 Å². The summed E-state index contributed by atoms with van der Waals surface area (Å²) >= 11 is 6.44. The molecule has 0 aliphatic rings. The van der Waals surface area contributed by atoms with Gasteiger partial charge in [0.25, 0.3) is 11.7 Å². The molecule has 0 aliphatic heterocycles. The molecular weight excluding hydrogens is 216 g/mol. The van der Waals surface area contributed by atoms with E-state index in [-0.39, 0.29) is 0 Å². The van der Waals surface area contributed by atoms with Crippen molar-refractivity contribution >= 4 is 34.9 Å². The first-order valence-electron chi connectivity index (χ1n) is 2.84. The molecule has 72 valence electrons. The number of furan rings is 1. The maximum Gasteiger partial charge on any atom is 0.320 e. The summed E-state index contributed by atoms with van der Waals surface area (Å²) in [6.07, 6.45) is 1.04. The third kappa shape index (κ3) is 2.99. The maximum absolute atomic E-state index is 10.4. The lowest BCUT2D eigenvalue weighted by molar-refractivity contribution is -0.385. The van der Waals surface area contributed by atoms with Gasteiger partial charge >= 0.3 is 5.69 Å². The number of carbonyl (C=O) groups is 1. The first-order valence-corrected chi connectivity index (χ1v) is 4.44. The third-order valence-corrected chi connectivity index (χ3v) is 1.06. The number of nitro groups is 1. The molecule has 0 unspecified atom stereocenters. The van der Waals surface area contributed by atoms with Crippen LogP contribution >= 0.6 is 23.3 Å². The first-order chi connectivity index (χ1) is 6.13. The van der Waals surface area contributed by atoms with Crippen molar-refractivity contribution in [3.05, 3.63) is 28.2 Å². The van der Waals surface area contributed by atoms with Crippen LogP contribution < -0.4 is 5.73 Å². The van der Waals surface area contributed by atoms with Gasteiger partial charge in [0, 0.05) is 0 Å². The maximum atomic E-state index is 10.4. The highest BCUT2D eigenvalue weighted by Gasteiger charge is 2.21. The minimum atomic E-state index is -0.943. The fourth-order valence-corrected chi connectivity index (χ4v) is 0.631. The molecule has 1 rings (SSSR count). The van der Waals surface area contributed by atoms with E-state index in [1.807, 2.05) is 0 Å². The summed E-state index contributed by atoms with van der Waals surface area (Å²) in [5.74, 6) is -1.36. The molecule has 0 spiro atoms. The molecular formula is C5H6N2O4S2. The SMILES string of the molecule is NC(=O)c1occc1[N+](=O)[O-].SS. The highest BCUT2D eigenvalue weighted by Crippen LogP contribution is 2.17. The van der Waals surface area contributed by atoms with Gasteiger partial charge in [-0.3, -0.25) is 14.9 Å². The molecule has 0 aliphatic carbocycles. The summed E-state index contributed by atoms with van der Waals surface area (Å²) in [7, 11) is 0. The number of nitrogens with two attached hydrogens (primary N) is 1. The van der Waals surface area contributed by atoms with Crippen LogP contribution in [0.2, 0.25) is 0 Å². The molecule has 2 N–H and O–H groups in total. The first kappa shape index (κ1) is 11.8. The van der Waals surface area contributed by atoms with Crippen LogP contribution in [0, 0.1) is 10.1 Å². The van der Waals surface area contributed by atoms with Crippen LogP contribution in [0.4, 0.5) is 5.69 Å². The number of hydrogen-bond acceptors (Lipinski definition) is 6. The van der Waals surface area contributed by atoms with Gasteiger partial charge in [-0.2, -0.15) is 0 Å². The smallest absolute Gasteiger partial charge is 0.320 e. The normalized spacial score (nSPS) is 8.46. The Morgan fingerprint density at radius 1 is 1.62 bits per heavy atom. The lowest BCUT2D eigenvalue weighted by atomic mass is 10.4. The molecule has 13 heavy (non-hydrogen) atoms. The Morgan fingerprint density at radius 2 is 2.15 bits per heavy atom. The zero-order valence-corrected chi connectivity index (χ0v) is 8.00. The van der Waals surface area contributed by atoms with E-state index in [2.05, 4.69) is 27.7 Å². The topological polar surface area (TPSA) is 99.4 Å². The van der Waals surface area contributed by atoms with Gasteiger partial charge in [-0.15, -0.1) is 23.3 Å². The van der Waals surface area contributed by atoms with Crippen molar-refractivity contribution < 1.29 is 14.1 Å². The summed E-state index contributed by atoms with van der Waals surface area (Å²) in [5.41, 5.74) is 4.35. The molecule has 6 nitrogen and oxygen atoms in total. The molecule has 0 saturated heterocycles. The monoisotopic (exact) mass is 222 g/mol. The molecule has 0 radical (unpaired) electrons. The lowest BCUT2D eigenvalue weighted by Gasteiger charge is -1.86. The Bertz CT molecular complexity index is 283. The molecule has 1 aromatic heterocycles. The van der Waals surface area contributed by atoms with E-state index >= 15 is 0 Å². The van der Waals surface area contributed by atoms with Crippen LogP contribution in [0.5, 0.6) is 0 Å². The Hall–Kier alpha value is -1.15. The van der Waals surface area contributed by atoms with Crippen LogP contribution in [0.15, 0.2) is 16.7 Å². The quantitative estimate of drug-likeness (QED) is 0.301. The number of hydrogen-bond donors (Lipinski definition) is 3. The summed E-state index contributed by atoms with van der Waals surface area (Å²) < 4.78 is 4.47. The van der Waals surface area contributed by atoms with Gasteiger partial charge in [-0.25, -0.2) is 0 Å². The van der Waals surface area contributed by atoms with E-state index in [0.29, 0.717) is 0 Å². The summed E-state index contributed by atoms with van der Waals surface area (Å²) in [5, 5.41) is 10.1. The largest absolute Gasteiger partial charge is 0.453 e. The third-order valence-electron chi connectivity index (χ3n) is 1.06. The number of nitrogens with zero attached hydrogens (tertiary/aromatic N) is 1. The van der Waals surface area contributed by atoms with Gasteiger partial charge in [-0.05, 0) is 0 Å². The van der Waals surface area contributed by atoms with Gasteiger partial charge in [0.05, 0.1) is 17.3 Å². The summed E-state index contributed by atoms with van der Waals surface area (Å²) in [4.78, 5) is 19.8. The van der Waals surface area contributed by atoms with Gasteiger partial charge in [0.1, 0.15) is 0 Å². The van der Waals surface area contributed by atoms with Crippen molar-refractivity contribution in [2.45, 2.75) is 0 Å². The van der Waals surface area contributed by atoms with E-state index in [0.717, 1.165) is 12.3 Å². The Labute approximate surface area is 83.5 Å². The fourth-order valence-electron chi connectivity index (χ4n) is 0.631. The number of amides is 1.